The number of rotatable bonds is 14. The number of phenols is 1. The molecule has 0 spiro atoms. The van der Waals surface area contributed by atoms with Gasteiger partial charge in [-0.05, 0) is 76.7 Å². The number of carbonyl (C=O) groups is 1. The van der Waals surface area contributed by atoms with Gasteiger partial charge < -0.3 is 19.7 Å². The van der Waals surface area contributed by atoms with E-state index in [4.69, 9.17) is 14.6 Å². The summed E-state index contributed by atoms with van der Waals surface area (Å²) in [6.45, 7) is 2.14. The van der Waals surface area contributed by atoms with E-state index in [0.717, 1.165) is 48.8 Å². The van der Waals surface area contributed by atoms with E-state index < -0.39 is 12.6 Å². The van der Waals surface area contributed by atoms with Gasteiger partial charge in [-0.2, -0.15) is 0 Å². The Morgan fingerprint density at radius 2 is 1.79 bits per heavy atom. The smallest absolute Gasteiger partial charge is 0.341 e. The third kappa shape index (κ3) is 7.53. The molecule has 0 bridgehead atoms. The number of H-pyrrole nitrogens is 1. The maximum absolute atomic E-state index is 13.3. The second-order valence-corrected chi connectivity index (χ2v) is 9.13. The lowest BCUT2D eigenvalue weighted by Gasteiger charge is -2.16. The van der Waals surface area contributed by atoms with Crippen molar-refractivity contribution < 1.29 is 28.9 Å². The topological polar surface area (TPSA) is 130 Å². The van der Waals surface area contributed by atoms with E-state index in [0.29, 0.717) is 29.5 Å². The van der Waals surface area contributed by atoms with E-state index in [9.17, 15) is 14.3 Å². The van der Waals surface area contributed by atoms with Crippen LogP contribution in [0.3, 0.4) is 0 Å². The van der Waals surface area contributed by atoms with E-state index in [1.807, 2.05) is 25.1 Å². The fourth-order valence-electron chi connectivity index (χ4n) is 4.41. The summed E-state index contributed by atoms with van der Waals surface area (Å²) in [5, 5.41) is 33.7. The number of tetrazole rings is 1. The number of aryl methyl sites for hydroxylation is 1. The number of hydrogen-bond donors (Lipinski definition) is 3. The fraction of sp³-hybridized carbons (Fsp3) is 0.310. The number of aliphatic carboxylic acids is 1. The Balaban J connectivity index is 1.30. The molecule has 1 atom stereocenters. The number of unbranched alkanes of at least 4 members (excludes halogenated alkanes) is 2. The molecule has 0 aliphatic carbocycles. The van der Waals surface area contributed by atoms with E-state index in [-0.39, 0.29) is 17.5 Å². The molecule has 0 saturated heterocycles. The first-order valence-electron chi connectivity index (χ1n) is 12.9. The van der Waals surface area contributed by atoms with Crippen molar-refractivity contribution in [3.63, 3.8) is 0 Å². The molecule has 1 heterocycles. The van der Waals surface area contributed by atoms with Gasteiger partial charge in [-0.15, -0.1) is 5.10 Å². The Hall–Kier alpha value is -4.47. The molecule has 9 nitrogen and oxygen atoms in total. The highest BCUT2D eigenvalue weighted by molar-refractivity contribution is 5.72. The zero-order valence-electron chi connectivity index (χ0n) is 21.6. The summed E-state index contributed by atoms with van der Waals surface area (Å²) in [4.78, 5) is 10.7. The van der Waals surface area contributed by atoms with E-state index in [2.05, 4.69) is 20.6 Å². The number of benzene rings is 3. The average molecular weight is 535 g/mol. The van der Waals surface area contributed by atoms with Crippen LogP contribution in [-0.2, 0) is 11.2 Å². The van der Waals surface area contributed by atoms with Crippen molar-refractivity contribution >= 4 is 5.97 Å². The number of aromatic nitrogens is 4. The highest BCUT2D eigenvalue weighted by Crippen LogP contribution is 2.36. The third-order valence-electron chi connectivity index (χ3n) is 6.45. The Morgan fingerprint density at radius 3 is 2.46 bits per heavy atom. The molecule has 0 aliphatic rings. The van der Waals surface area contributed by atoms with Crippen molar-refractivity contribution in [2.24, 2.45) is 0 Å². The van der Waals surface area contributed by atoms with Gasteiger partial charge in [-0.25, -0.2) is 14.3 Å². The maximum Gasteiger partial charge on any atom is 0.341 e. The first-order chi connectivity index (χ1) is 18.9. The summed E-state index contributed by atoms with van der Waals surface area (Å²) >= 11 is 0. The summed E-state index contributed by atoms with van der Waals surface area (Å²) < 4.78 is 24.5. The van der Waals surface area contributed by atoms with Crippen molar-refractivity contribution in [3.05, 3.63) is 83.4 Å². The van der Waals surface area contributed by atoms with Gasteiger partial charge in [0.2, 0.25) is 0 Å². The quantitative estimate of drug-likeness (QED) is 0.181. The monoisotopic (exact) mass is 534 g/mol. The van der Waals surface area contributed by atoms with E-state index in [1.54, 1.807) is 30.3 Å². The molecule has 0 radical (unpaired) electrons. The minimum absolute atomic E-state index is 0.0444. The summed E-state index contributed by atoms with van der Waals surface area (Å²) in [6.07, 6.45) is 4.18. The van der Waals surface area contributed by atoms with Crippen LogP contribution in [0.1, 0.15) is 55.5 Å². The van der Waals surface area contributed by atoms with Crippen LogP contribution in [0.5, 0.6) is 17.2 Å². The van der Waals surface area contributed by atoms with Crippen molar-refractivity contribution in [1.82, 2.24) is 20.6 Å². The molecular weight excluding hydrogens is 503 g/mol. The largest absolute Gasteiger partial charge is 0.507 e. The first kappa shape index (κ1) is 27.6. The lowest BCUT2D eigenvalue weighted by molar-refractivity contribution is -0.139. The number of nitrogens with one attached hydrogen (secondary N) is 1. The Kier molecular flexibility index (Phi) is 9.44. The normalized spacial score (nSPS) is 11.7. The lowest BCUT2D eigenvalue weighted by atomic mass is 9.92. The lowest BCUT2D eigenvalue weighted by Crippen LogP contribution is -2.09. The molecular formula is C29H31FN4O5. The standard InChI is InChI=1S/C29H31FN4O5/c1-2-19-16-25(21-7-11-22(30)12-8-21)26(35)17-27(19)38-15-5-3-4-6-24(29-31-33-34-32-29)20-9-13-23(14-10-20)39-18-28(36)37/h7-14,16-17,24,35H,2-6,15,18H2,1H3,(H,36,37)(H,31,32,33,34). The van der Waals surface area contributed by atoms with Crippen LogP contribution in [0.15, 0.2) is 60.7 Å². The highest BCUT2D eigenvalue weighted by Gasteiger charge is 2.18. The highest BCUT2D eigenvalue weighted by atomic mass is 19.1. The number of carboxylic acid groups (broad SMARTS) is 1. The van der Waals surface area contributed by atoms with Crippen molar-refractivity contribution in [2.45, 2.75) is 44.9 Å². The fourth-order valence-corrected chi connectivity index (χ4v) is 4.41. The van der Waals surface area contributed by atoms with Crippen LogP contribution in [0, 0.1) is 5.82 Å². The van der Waals surface area contributed by atoms with Gasteiger partial charge >= 0.3 is 5.97 Å². The Morgan fingerprint density at radius 1 is 1.03 bits per heavy atom. The molecule has 1 aromatic heterocycles. The first-order valence-corrected chi connectivity index (χ1v) is 12.9. The zero-order valence-corrected chi connectivity index (χ0v) is 21.6. The molecule has 204 valence electrons. The van der Waals surface area contributed by atoms with Crippen LogP contribution < -0.4 is 9.47 Å². The molecule has 0 fully saturated rings. The van der Waals surface area contributed by atoms with Crippen molar-refractivity contribution in [2.75, 3.05) is 13.2 Å². The second-order valence-electron chi connectivity index (χ2n) is 9.13. The minimum atomic E-state index is -1.03. The number of hydrogen-bond acceptors (Lipinski definition) is 7. The molecule has 3 aromatic carbocycles. The Labute approximate surface area is 225 Å². The van der Waals surface area contributed by atoms with Crippen LogP contribution in [0.4, 0.5) is 4.39 Å². The van der Waals surface area contributed by atoms with Gasteiger partial charge in [0.15, 0.2) is 12.4 Å². The van der Waals surface area contributed by atoms with Crippen LogP contribution in [-0.4, -0.2) is 50.0 Å². The Bertz CT molecular complexity index is 1350. The van der Waals surface area contributed by atoms with Crippen molar-refractivity contribution in [1.29, 1.82) is 0 Å². The van der Waals surface area contributed by atoms with Gasteiger partial charge in [0.05, 0.1) is 6.61 Å². The molecule has 0 saturated carbocycles. The number of halogens is 1. The second kappa shape index (κ2) is 13.4. The molecule has 0 amide bonds. The predicted octanol–water partition coefficient (Wildman–Crippen LogP) is 5.51. The number of ether oxygens (including phenoxy) is 2. The molecule has 1 unspecified atom stereocenters. The van der Waals surface area contributed by atoms with Gasteiger partial charge in [-0.3, -0.25) is 0 Å². The van der Waals surface area contributed by atoms with E-state index in [1.165, 1.54) is 12.1 Å². The summed E-state index contributed by atoms with van der Waals surface area (Å²) in [6, 6.07) is 16.8. The molecule has 4 aromatic rings. The van der Waals surface area contributed by atoms with E-state index >= 15 is 0 Å². The number of aromatic amines is 1. The SMILES string of the molecule is CCc1cc(-c2ccc(F)cc2)c(O)cc1OCCCCCC(c1ccc(OCC(=O)O)cc1)c1nnn[nH]1. The van der Waals surface area contributed by atoms with Crippen molar-refractivity contribution in [3.8, 4) is 28.4 Å². The average Bonchev–Trinajstić information content (AvgIpc) is 3.47. The van der Waals surface area contributed by atoms with Gasteiger partial charge in [0.1, 0.15) is 23.1 Å². The number of nitrogens with zero attached hydrogens (tertiary/aromatic N) is 3. The third-order valence-corrected chi connectivity index (χ3v) is 6.45. The number of phenolic OH excluding ortho intramolecular Hbond substituents is 1. The van der Waals surface area contributed by atoms with Crippen LogP contribution in [0.2, 0.25) is 0 Å². The minimum Gasteiger partial charge on any atom is -0.507 e. The number of aromatic hydroxyl groups is 1. The summed E-state index contributed by atoms with van der Waals surface area (Å²) in [5.74, 6) is 0.493. The summed E-state index contributed by atoms with van der Waals surface area (Å²) in [7, 11) is 0. The maximum atomic E-state index is 13.3. The van der Waals surface area contributed by atoms with Gasteiger partial charge in [0.25, 0.3) is 0 Å². The number of carboxylic acids is 1. The molecule has 39 heavy (non-hydrogen) atoms. The summed E-state index contributed by atoms with van der Waals surface area (Å²) in [5.41, 5.74) is 3.36. The van der Waals surface area contributed by atoms with Gasteiger partial charge in [-0.1, -0.05) is 44.0 Å². The molecule has 4 rings (SSSR count). The predicted molar refractivity (Wildman–Crippen MR) is 142 cm³/mol. The van der Waals surface area contributed by atoms with Crippen LogP contribution >= 0.6 is 0 Å². The molecule has 3 N–H and O–H groups in total. The molecule has 0 aliphatic heterocycles. The van der Waals surface area contributed by atoms with Crippen LogP contribution in [0.25, 0.3) is 11.1 Å². The van der Waals surface area contributed by atoms with Gasteiger partial charge in [0, 0.05) is 17.5 Å². The zero-order chi connectivity index (χ0) is 27.6. The molecule has 10 heteroatoms.